The molecular formula is C6H8N4. The van der Waals surface area contributed by atoms with E-state index in [-0.39, 0.29) is 0 Å². The quantitative estimate of drug-likeness (QED) is 0.578. The molecular weight excluding hydrogens is 128 g/mol. The summed E-state index contributed by atoms with van der Waals surface area (Å²) < 4.78 is 1.86. The monoisotopic (exact) mass is 136 g/mol. The van der Waals surface area contributed by atoms with Crippen LogP contribution in [0.25, 0.3) is 5.65 Å². The zero-order valence-electron chi connectivity index (χ0n) is 5.92. The highest BCUT2D eigenvalue weighted by molar-refractivity contribution is 5.37. The van der Waals surface area contributed by atoms with Crippen molar-refractivity contribution >= 4 is 5.65 Å². The van der Waals surface area contributed by atoms with Gasteiger partial charge in [0.25, 0.3) is 0 Å². The van der Waals surface area contributed by atoms with Crippen molar-refractivity contribution in [3.8, 4) is 0 Å². The Morgan fingerprint density at radius 3 is 2.90 bits per heavy atom. The number of nitrogens with one attached hydrogen (secondary N) is 1. The molecule has 0 aromatic carbocycles. The lowest BCUT2D eigenvalue weighted by molar-refractivity contribution is 0.876. The Kier molecular flexibility index (Phi) is 0.869. The summed E-state index contributed by atoms with van der Waals surface area (Å²) in [6, 6.07) is 1.96. The first-order chi connectivity index (χ1) is 4.77. The van der Waals surface area contributed by atoms with Crippen LogP contribution in [0.3, 0.4) is 0 Å². The van der Waals surface area contributed by atoms with Crippen molar-refractivity contribution in [1.29, 1.82) is 0 Å². The zero-order valence-corrected chi connectivity index (χ0v) is 5.92. The Hall–Kier alpha value is -1.32. The van der Waals surface area contributed by atoms with Crippen LogP contribution in [0.5, 0.6) is 0 Å². The number of H-pyrrole nitrogens is 1. The Morgan fingerprint density at radius 1 is 1.40 bits per heavy atom. The molecule has 10 heavy (non-hydrogen) atoms. The van der Waals surface area contributed by atoms with Gasteiger partial charge in [0.05, 0.1) is 0 Å². The smallest absolute Gasteiger partial charge is 0.177 e. The number of hydrogen-bond donors (Lipinski definition) is 1. The van der Waals surface area contributed by atoms with Crippen LogP contribution in [0.1, 0.15) is 11.5 Å². The average Bonchev–Trinajstić information content (AvgIpc) is 2.35. The van der Waals surface area contributed by atoms with Gasteiger partial charge >= 0.3 is 0 Å². The molecule has 2 heterocycles. The number of aromatic amines is 1. The molecule has 2 aromatic rings. The molecule has 2 rings (SSSR count). The molecule has 0 bridgehead atoms. The number of fused-ring (bicyclic) bond motifs is 1. The summed E-state index contributed by atoms with van der Waals surface area (Å²) in [6.07, 6.45) is 0. The Balaban J connectivity index is 2.90. The van der Waals surface area contributed by atoms with Gasteiger partial charge in [0, 0.05) is 11.8 Å². The fourth-order valence-electron chi connectivity index (χ4n) is 1.01. The van der Waals surface area contributed by atoms with Gasteiger partial charge in [-0.25, -0.2) is 4.52 Å². The minimum absolute atomic E-state index is 0.884. The average molecular weight is 136 g/mol. The molecule has 0 aliphatic heterocycles. The predicted octanol–water partition coefficient (Wildman–Crippen LogP) is 0.674. The summed E-state index contributed by atoms with van der Waals surface area (Å²) >= 11 is 0. The van der Waals surface area contributed by atoms with Crippen molar-refractivity contribution < 1.29 is 0 Å². The van der Waals surface area contributed by atoms with Crippen LogP contribution in [0.15, 0.2) is 6.07 Å². The molecule has 0 saturated heterocycles. The molecule has 0 unspecified atom stereocenters. The SMILES string of the molecule is Cc1cc2nnc(C)n2[nH]1. The summed E-state index contributed by atoms with van der Waals surface area (Å²) in [5.41, 5.74) is 1.99. The molecule has 0 spiro atoms. The number of rotatable bonds is 0. The summed E-state index contributed by atoms with van der Waals surface area (Å²) in [6.45, 7) is 3.91. The fraction of sp³-hybridized carbons (Fsp3) is 0.333. The van der Waals surface area contributed by atoms with Crippen molar-refractivity contribution in [1.82, 2.24) is 19.8 Å². The van der Waals surface area contributed by atoms with Crippen LogP contribution in [0, 0.1) is 13.8 Å². The van der Waals surface area contributed by atoms with Gasteiger partial charge in [0.1, 0.15) is 5.82 Å². The van der Waals surface area contributed by atoms with Crippen molar-refractivity contribution in [3.63, 3.8) is 0 Å². The molecule has 0 aliphatic carbocycles. The first-order valence-corrected chi connectivity index (χ1v) is 3.15. The summed E-state index contributed by atoms with van der Waals surface area (Å²) in [5, 5.41) is 10.9. The van der Waals surface area contributed by atoms with Gasteiger partial charge in [0.15, 0.2) is 5.65 Å². The summed E-state index contributed by atoms with van der Waals surface area (Å²) in [5.74, 6) is 0.892. The van der Waals surface area contributed by atoms with E-state index in [1.807, 2.05) is 24.4 Å². The lowest BCUT2D eigenvalue weighted by atomic mass is 10.5. The molecule has 0 aliphatic rings. The highest BCUT2D eigenvalue weighted by atomic mass is 15.4. The minimum atomic E-state index is 0.884. The molecule has 2 aromatic heterocycles. The van der Waals surface area contributed by atoms with Crippen molar-refractivity contribution in [2.45, 2.75) is 13.8 Å². The minimum Gasteiger partial charge on any atom is -0.295 e. The van der Waals surface area contributed by atoms with Gasteiger partial charge in [-0.2, -0.15) is 0 Å². The molecule has 0 saturated carbocycles. The van der Waals surface area contributed by atoms with E-state index in [1.54, 1.807) is 0 Å². The molecule has 0 radical (unpaired) electrons. The van der Waals surface area contributed by atoms with Gasteiger partial charge in [-0.05, 0) is 13.8 Å². The summed E-state index contributed by atoms with van der Waals surface area (Å²) in [7, 11) is 0. The van der Waals surface area contributed by atoms with E-state index < -0.39 is 0 Å². The van der Waals surface area contributed by atoms with E-state index in [0.717, 1.165) is 17.2 Å². The van der Waals surface area contributed by atoms with Crippen LogP contribution < -0.4 is 0 Å². The standard InChI is InChI=1S/C6H8N4/c1-4-3-6-8-7-5(2)10(6)9-4/h3,9H,1-2H3. The molecule has 0 atom stereocenters. The Bertz CT molecular complexity index is 357. The fourth-order valence-corrected chi connectivity index (χ4v) is 1.01. The second-order valence-electron chi connectivity index (χ2n) is 2.38. The van der Waals surface area contributed by atoms with Gasteiger partial charge < -0.3 is 0 Å². The molecule has 52 valence electrons. The van der Waals surface area contributed by atoms with Crippen LogP contribution in [0.2, 0.25) is 0 Å². The summed E-state index contributed by atoms with van der Waals surface area (Å²) in [4.78, 5) is 0. The predicted molar refractivity (Wildman–Crippen MR) is 36.8 cm³/mol. The second-order valence-corrected chi connectivity index (χ2v) is 2.38. The normalized spacial score (nSPS) is 11.0. The number of aromatic nitrogens is 4. The van der Waals surface area contributed by atoms with Gasteiger partial charge in [-0.1, -0.05) is 0 Å². The largest absolute Gasteiger partial charge is 0.295 e. The van der Waals surface area contributed by atoms with Gasteiger partial charge in [-0.3, -0.25) is 5.10 Å². The van der Waals surface area contributed by atoms with E-state index in [4.69, 9.17) is 0 Å². The molecule has 1 N–H and O–H groups in total. The van der Waals surface area contributed by atoms with E-state index in [0.29, 0.717) is 0 Å². The van der Waals surface area contributed by atoms with Crippen molar-refractivity contribution in [3.05, 3.63) is 17.6 Å². The molecule has 4 nitrogen and oxygen atoms in total. The number of nitrogens with zero attached hydrogens (tertiary/aromatic N) is 3. The van der Waals surface area contributed by atoms with E-state index in [9.17, 15) is 0 Å². The highest BCUT2D eigenvalue weighted by Crippen LogP contribution is 2.02. The van der Waals surface area contributed by atoms with Crippen LogP contribution in [-0.2, 0) is 0 Å². The highest BCUT2D eigenvalue weighted by Gasteiger charge is 2.00. The van der Waals surface area contributed by atoms with Gasteiger partial charge in [-0.15, -0.1) is 10.2 Å². The topological polar surface area (TPSA) is 46.0 Å². The lowest BCUT2D eigenvalue weighted by Gasteiger charge is -1.84. The third-order valence-corrected chi connectivity index (χ3v) is 1.48. The van der Waals surface area contributed by atoms with E-state index >= 15 is 0 Å². The maximum absolute atomic E-state index is 3.92. The van der Waals surface area contributed by atoms with E-state index in [1.165, 1.54) is 0 Å². The number of aryl methyl sites for hydroxylation is 2. The lowest BCUT2D eigenvalue weighted by Crippen LogP contribution is -1.87. The maximum atomic E-state index is 3.92. The third kappa shape index (κ3) is 0.556. The van der Waals surface area contributed by atoms with Crippen LogP contribution in [0.4, 0.5) is 0 Å². The molecule has 0 fully saturated rings. The first-order valence-electron chi connectivity index (χ1n) is 3.15. The van der Waals surface area contributed by atoms with Crippen LogP contribution >= 0.6 is 0 Å². The molecule has 0 amide bonds. The molecule has 4 heteroatoms. The van der Waals surface area contributed by atoms with E-state index in [2.05, 4.69) is 15.3 Å². The van der Waals surface area contributed by atoms with Crippen LogP contribution in [-0.4, -0.2) is 19.8 Å². The Labute approximate surface area is 57.9 Å². The van der Waals surface area contributed by atoms with Gasteiger partial charge in [0.2, 0.25) is 0 Å². The third-order valence-electron chi connectivity index (χ3n) is 1.48. The zero-order chi connectivity index (χ0) is 7.14. The maximum Gasteiger partial charge on any atom is 0.177 e. The Morgan fingerprint density at radius 2 is 2.20 bits per heavy atom. The number of hydrogen-bond acceptors (Lipinski definition) is 2. The first kappa shape index (κ1) is 5.46. The van der Waals surface area contributed by atoms with Crippen molar-refractivity contribution in [2.24, 2.45) is 0 Å². The second kappa shape index (κ2) is 1.59. The van der Waals surface area contributed by atoms with Crippen molar-refractivity contribution in [2.75, 3.05) is 0 Å².